The standard InChI is InChI=1S/C17H19F2N3O2/c1-10-9-14(12-3-4-13(18)15(19)16(12)20-10)21-5-7-22(8-6-21)17(24)11(2)23/h3-4,9,11,23H,5-8H2,1-2H3. The molecule has 5 nitrogen and oxygen atoms in total. The van der Waals surface area contributed by atoms with Crippen LogP contribution in [0, 0.1) is 18.6 Å². The number of halogens is 2. The van der Waals surface area contributed by atoms with Crippen LogP contribution in [0.3, 0.4) is 0 Å². The summed E-state index contributed by atoms with van der Waals surface area (Å²) >= 11 is 0. The first-order valence-corrected chi connectivity index (χ1v) is 7.85. The highest BCUT2D eigenvalue weighted by molar-refractivity contribution is 5.92. The van der Waals surface area contributed by atoms with E-state index >= 15 is 0 Å². The van der Waals surface area contributed by atoms with Crippen molar-refractivity contribution in [1.82, 2.24) is 9.88 Å². The monoisotopic (exact) mass is 335 g/mol. The molecule has 1 aliphatic rings. The molecule has 0 spiro atoms. The second-order valence-corrected chi connectivity index (χ2v) is 6.03. The third kappa shape index (κ3) is 2.91. The van der Waals surface area contributed by atoms with E-state index in [0.717, 1.165) is 11.8 Å². The maximum absolute atomic E-state index is 14.0. The quantitative estimate of drug-likeness (QED) is 0.910. The first-order valence-electron chi connectivity index (χ1n) is 7.85. The number of amides is 1. The molecule has 1 saturated heterocycles. The first-order chi connectivity index (χ1) is 11.4. The minimum Gasteiger partial charge on any atom is -0.384 e. The highest BCUT2D eigenvalue weighted by Crippen LogP contribution is 2.30. The summed E-state index contributed by atoms with van der Waals surface area (Å²) in [5, 5.41) is 9.95. The van der Waals surface area contributed by atoms with Gasteiger partial charge in [-0.05, 0) is 32.0 Å². The summed E-state index contributed by atoms with van der Waals surface area (Å²) in [5.74, 6) is -2.15. The molecule has 7 heteroatoms. The fraction of sp³-hybridized carbons (Fsp3) is 0.412. The Morgan fingerprint density at radius 3 is 2.54 bits per heavy atom. The summed E-state index contributed by atoms with van der Waals surface area (Å²) in [7, 11) is 0. The van der Waals surface area contributed by atoms with E-state index in [1.54, 1.807) is 11.8 Å². The summed E-state index contributed by atoms with van der Waals surface area (Å²) < 4.78 is 27.5. The minimum atomic E-state index is -1.02. The number of anilines is 1. The van der Waals surface area contributed by atoms with Crippen molar-refractivity contribution in [3.63, 3.8) is 0 Å². The third-order valence-electron chi connectivity index (χ3n) is 4.27. The molecule has 0 saturated carbocycles. The molecule has 2 heterocycles. The molecule has 1 unspecified atom stereocenters. The average Bonchev–Trinajstić information content (AvgIpc) is 2.57. The van der Waals surface area contributed by atoms with Crippen molar-refractivity contribution in [2.45, 2.75) is 20.0 Å². The highest BCUT2D eigenvalue weighted by atomic mass is 19.2. The van der Waals surface area contributed by atoms with E-state index < -0.39 is 17.7 Å². The van der Waals surface area contributed by atoms with Crippen LogP contribution in [0.4, 0.5) is 14.5 Å². The summed E-state index contributed by atoms with van der Waals surface area (Å²) in [5.41, 5.74) is 1.40. The molecule has 3 rings (SSSR count). The Bertz CT molecular complexity index is 787. The zero-order valence-corrected chi connectivity index (χ0v) is 13.6. The molecular weight excluding hydrogens is 316 g/mol. The van der Waals surface area contributed by atoms with E-state index in [9.17, 15) is 18.7 Å². The topological polar surface area (TPSA) is 56.7 Å². The Morgan fingerprint density at radius 2 is 1.92 bits per heavy atom. The van der Waals surface area contributed by atoms with Gasteiger partial charge in [-0.25, -0.2) is 13.8 Å². The van der Waals surface area contributed by atoms with Crippen molar-refractivity contribution < 1.29 is 18.7 Å². The molecule has 1 atom stereocenters. The van der Waals surface area contributed by atoms with Gasteiger partial charge in [0.2, 0.25) is 0 Å². The molecule has 0 bridgehead atoms. The second kappa shape index (κ2) is 6.32. The number of pyridine rings is 1. The number of nitrogens with zero attached hydrogens (tertiary/aromatic N) is 3. The number of aryl methyl sites for hydroxylation is 1. The SMILES string of the molecule is Cc1cc(N2CCN(C(=O)C(C)O)CC2)c2ccc(F)c(F)c2n1. The van der Waals surface area contributed by atoms with Crippen LogP contribution < -0.4 is 4.90 Å². The zero-order valence-electron chi connectivity index (χ0n) is 13.6. The van der Waals surface area contributed by atoms with E-state index in [-0.39, 0.29) is 11.4 Å². The van der Waals surface area contributed by atoms with Crippen LogP contribution in [0.1, 0.15) is 12.6 Å². The molecule has 1 aliphatic heterocycles. The molecular formula is C17H19F2N3O2. The van der Waals surface area contributed by atoms with Gasteiger partial charge in [0.05, 0.1) is 0 Å². The number of rotatable bonds is 2. The number of hydrogen-bond donors (Lipinski definition) is 1. The fourth-order valence-electron chi connectivity index (χ4n) is 3.03. The Morgan fingerprint density at radius 1 is 1.25 bits per heavy atom. The van der Waals surface area contributed by atoms with Crippen LogP contribution in [0.2, 0.25) is 0 Å². The average molecular weight is 335 g/mol. The molecule has 0 aliphatic carbocycles. The maximum atomic E-state index is 14.0. The number of benzene rings is 1. The predicted molar refractivity (Wildman–Crippen MR) is 86.9 cm³/mol. The van der Waals surface area contributed by atoms with Crippen LogP contribution in [-0.2, 0) is 4.79 Å². The first kappa shape index (κ1) is 16.6. The molecule has 128 valence electrons. The lowest BCUT2D eigenvalue weighted by atomic mass is 10.1. The molecule has 1 fully saturated rings. The van der Waals surface area contributed by atoms with Crippen molar-refractivity contribution in [3.8, 4) is 0 Å². The number of carbonyl (C=O) groups is 1. The Labute approximate surface area is 138 Å². The Balaban J connectivity index is 1.91. The van der Waals surface area contributed by atoms with Crippen molar-refractivity contribution in [3.05, 3.63) is 35.5 Å². The summed E-state index contributed by atoms with van der Waals surface area (Å²) in [6, 6.07) is 4.47. The van der Waals surface area contributed by atoms with Gasteiger partial charge in [-0.2, -0.15) is 0 Å². The van der Waals surface area contributed by atoms with Gasteiger partial charge in [0.15, 0.2) is 11.6 Å². The van der Waals surface area contributed by atoms with Crippen LogP contribution in [0.5, 0.6) is 0 Å². The lowest BCUT2D eigenvalue weighted by Gasteiger charge is -2.37. The molecule has 1 amide bonds. The van der Waals surface area contributed by atoms with Gasteiger partial charge in [-0.3, -0.25) is 4.79 Å². The normalized spacial score (nSPS) is 16.5. The van der Waals surface area contributed by atoms with E-state index in [0.29, 0.717) is 37.3 Å². The van der Waals surface area contributed by atoms with Crippen molar-refractivity contribution in [2.75, 3.05) is 31.1 Å². The number of fused-ring (bicyclic) bond motifs is 1. The van der Waals surface area contributed by atoms with Crippen LogP contribution >= 0.6 is 0 Å². The summed E-state index contributed by atoms with van der Waals surface area (Å²) in [6.07, 6.45) is -1.02. The molecule has 2 aromatic rings. The minimum absolute atomic E-state index is 0.0208. The number of hydrogen-bond acceptors (Lipinski definition) is 4. The van der Waals surface area contributed by atoms with Crippen molar-refractivity contribution in [2.24, 2.45) is 0 Å². The van der Waals surface area contributed by atoms with Gasteiger partial charge >= 0.3 is 0 Å². The lowest BCUT2D eigenvalue weighted by molar-refractivity contribution is -0.139. The number of piperazine rings is 1. The smallest absolute Gasteiger partial charge is 0.251 e. The van der Waals surface area contributed by atoms with Gasteiger partial charge in [0.25, 0.3) is 5.91 Å². The molecule has 0 radical (unpaired) electrons. The van der Waals surface area contributed by atoms with Crippen LogP contribution in [0.15, 0.2) is 18.2 Å². The Kier molecular flexibility index (Phi) is 4.36. The van der Waals surface area contributed by atoms with E-state index in [1.807, 2.05) is 11.0 Å². The van der Waals surface area contributed by atoms with Crippen molar-refractivity contribution in [1.29, 1.82) is 0 Å². The highest BCUT2D eigenvalue weighted by Gasteiger charge is 2.25. The van der Waals surface area contributed by atoms with Gasteiger partial charge in [0.1, 0.15) is 11.6 Å². The van der Waals surface area contributed by atoms with E-state index in [2.05, 4.69) is 4.98 Å². The zero-order chi connectivity index (χ0) is 17.4. The summed E-state index contributed by atoms with van der Waals surface area (Å²) in [4.78, 5) is 19.6. The second-order valence-electron chi connectivity index (χ2n) is 6.03. The summed E-state index contributed by atoms with van der Waals surface area (Å²) in [6.45, 7) is 5.23. The number of aromatic nitrogens is 1. The molecule has 24 heavy (non-hydrogen) atoms. The number of carbonyl (C=O) groups excluding carboxylic acids is 1. The third-order valence-corrected chi connectivity index (χ3v) is 4.27. The van der Waals surface area contributed by atoms with Crippen LogP contribution in [0.25, 0.3) is 10.9 Å². The van der Waals surface area contributed by atoms with Gasteiger partial charge in [0, 0.05) is 42.9 Å². The number of aliphatic hydroxyl groups is 1. The van der Waals surface area contributed by atoms with E-state index in [1.165, 1.54) is 13.0 Å². The maximum Gasteiger partial charge on any atom is 0.251 e. The van der Waals surface area contributed by atoms with Crippen molar-refractivity contribution >= 4 is 22.5 Å². The molecule has 1 N–H and O–H groups in total. The number of aliphatic hydroxyl groups excluding tert-OH is 1. The molecule has 1 aromatic heterocycles. The Hall–Kier alpha value is -2.28. The van der Waals surface area contributed by atoms with Gasteiger partial charge in [-0.15, -0.1) is 0 Å². The van der Waals surface area contributed by atoms with Gasteiger partial charge < -0.3 is 14.9 Å². The molecule has 1 aromatic carbocycles. The van der Waals surface area contributed by atoms with E-state index in [4.69, 9.17) is 0 Å². The predicted octanol–water partition coefficient (Wildman–Crippen LogP) is 1.85. The van der Waals surface area contributed by atoms with Gasteiger partial charge in [-0.1, -0.05) is 0 Å². The van der Waals surface area contributed by atoms with Crippen LogP contribution in [-0.4, -0.2) is 53.2 Å². The fourth-order valence-corrected chi connectivity index (χ4v) is 3.03. The lowest BCUT2D eigenvalue weighted by Crippen LogP contribution is -2.51. The largest absolute Gasteiger partial charge is 0.384 e.